The van der Waals surface area contributed by atoms with Crippen molar-refractivity contribution in [2.45, 2.75) is 19.3 Å². The molecular weight excluding hydrogens is 280 g/mol. The van der Waals surface area contributed by atoms with E-state index < -0.39 is 0 Å². The van der Waals surface area contributed by atoms with E-state index in [1.54, 1.807) is 14.2 Å². The van der Waals surface area contributed by atoms with Gasteiger partial charge >= 0.3 is 0 Å². The maximum absolute atomic E-state index is 12.2. The third-order valence-electron chi connectivity index (χ3n) is 4.30. The zero-order valence-electron chi connectivity index (χ0n) is 13.5. The van der Waals surface area contributed by atoms with Gasteiger partial charge in [-0.3, -0.25) is 4.79 Å². The second-order valence-electron chi connectivity index (χ2n) is 5.98. The number of hydrogen-bond acceptors (Lipinski definition) is 4. The van der Waals surface area contributed by atoms with Crippen LogP contribution in [0, 0.1) is 5.41 Å². The molecular formula is C17H26N2O3. The molecule has 1 aliphatic heterocycles. The van der Waals surface area contributed by atoms with E-state index in [9.17, 15) is 4.79 Å². The lowest BCUT2D eigenvalue weighted by Gasteiger charge is -2.37. The second-order valence-corrected chi connectivity index (χ2v) is 5.98. The Morgan fingerprint density at radius 2 is 1.91 bits per heavy atom. The first-order valence-electron chi connectivity index (χ1n) is 7.77. The summed E-state index contributed by atoms with van der Waals surface area (Å²) in [5.41, 5.74) is 1.06. The number of ether oxygens (including phenoxy) is 2. The predicted octanol–water partition coefficient (Wildman–Crippen LogP) is 1.37. The van der Waals surface area contributed by atoms with E-state index in [4.69, 9.17) is 9.47 Å². The van der Waals surface area contributed by atoms with Gasteiger partial charge < -0.3 is 20.1 Å². The molecule has 0 radical (unpaired) electrons. The summed E-state index contributed by atoms with van der Waals surface area (Å²) in [6.07, 6.45) is 2.46. The first-order valence-corrected chi connectivity index (χ1v) is 7.77. The maximum atomic E-state index is 12.2. The van der Waals surface area contributed by atoms with Crippen LogP contribution in [0.3, 0.4) is 0 Å². The molecule has 0 saturated carbocycles. The van der Waals surface area contributed by atoms with Crippen molar-refractivity contribution < 1.29 is 14.3 Å². The minimum atomic E-state index is 0.0548. The van der Waals surface area contributed by atoms with Crippen LogP contribution >= 0.6 is 0 Å². The fraction of sp³-hybridized carbons (Fsp3) is 0.588. The number of carbonyl (C=O) groups excluding carboxylic acids is 1. The van der Waals surface area contributed by atoms with E-state index >= 15 is 0 Å². The van der Waals surface area contributed by atoms with Gasteiger partial charge in [-0.2, -0.15) is 0 Å². The fourth-order valence-electron chi connectivity index (χ4n) is 2.91. The van der Waals surface area contributed by atoms with Gasteiger partial charge in [-0.05, 0) is 43.6 Å². The normalized spacial score (nSPS) is 17.0. The van der Waals surface area contributed by atoms with Crippen LogP contribution in [-0.2, 0) is 16.0 Å². The van der Waals surface area contributed by atoms with Crippen molar-refractivity contribution in [1.82, 2.24) is 10.6 Å². The summed E-state index contributed by atoms with van der Waals surface area (Å²) in [5, 5.41) is 6.43. The Labute approximate surface area is 132 Å². The second kappa shape index (κ2) is 8.15. The highest BCUT2D eigenvalue weighted by Crippen LogP contribution is 2.28. The molecule has 5 nitrogen and oxygen atoms in total. The molecule has 2 N–H and O–H groups in total. The largest absolute Gasteiger partial charge is 0.497 e. The highest BCUT2D eigenvalue weighted by atomic mass is 16.5. The lowest BCUT2D eigenvalue weighted by Crippen LogP contribution is -2.47. The molecule has 0 aliphatic carbocycles. The summed E-state index contributed by atoms with van der Waals surface area (Å²) in [4.78, 5) is 12.2. The van der Waals surface area contributed by atoms with Gasteiger partial charge in [0.15, 0.2) is 0 Å². The molecule has 2 rings (SSSR count). The maximum Gasteiger partial charge on any atom is 0.224 e. The molecule has 1 aromatic carbocycles. The number of hydrogen-bond donors (Lipinski definition) is 2. The van der Waals surface area contributed by atoms with E-state index in [1.807, 2.05) is 24.3 Å². The van der Waals surface area contributed by atoms with Gasteiger partial charge in [0, 0.05) is 19.1 Å². The molecule has 1 saturated heterocycles. The molecule has 0 spiro atoms. The molecule has 1 fully saturated rings. The number of rotatable bonds is 7. The molecule has 22 heavy (non-hydrogen) atoms. The number of nitrogens with one attached hydrogen (secondary N) is 2. The quantitative estimate of drug-likeness (QED) is 0.799. The van der Waals surface area contributed by atoms with Crippen LogP contribution in [0.5, 0.6) is 5.75 Å². The van der Waals surface area contributed by atoms with Crippen molar-refractivity contribution in [3.8, 4) is 5.75 Å². The Balaban J connectivity index is 1.84. The Bertz CT molecular complexity index is 462. The standard InChI is InChI=1S/C17H26N2O3/c1-21-13-17(7-9-18-10-8-17)12-19-16(20)11-14-3-5-15(22-2)6-4-14/h3-6,18H,7-13H2,1-2H3,(H,19,20). The highest BCUT2D eigenvalue weighted by Gasteiger charge is 2.32. The zero-order valence-corrected chi connectivity index (χ0v) is 13.5. The van der Waals surface area contributed by atoms with E-state index in [1.165, 1.54) is 0 Å². The minimum absolute atomic E-state index is 0.0548. The van der Waals surface area contributed by atoms with Crippen LogP contribution in [0.4, 0.5) is 0 Å². The molecule has 122 valence electrons. The van der Waals surface area contributed by atoms with Gasteiger partial charge in [-0.25, -0.2) is 0 Å². The van der Waals surface area contributed by atoms with Crippen molar-refractivity contribution in [3.63, 3.8) is 0 Å². The average Bonchev–Trinajstić information content (AvgIpc) is 2.55. The van der Waals surface area contributed by atoms with Gasteiger partial charge in [0.1, 0.15) is 5.75 Å². The summed E-state index contributed by atoms with van der Waals surface area (Å²) in [7, 11) is 3.36. The SMILES string of the molecule is COCC1(CNC(=O)Cc2ccc(OC)cc2)CCNCC1. The molecule has 0 bridgehead atoms. The van der Waals surface area contributed by atoms with Crippen LogP contribution in [0.2, 0.25) is 0 Å². The molecule has 1 aliphatic rings. The summed E-state index contributed by atoms with van der Waals surface area (Å²) in [6.45, 7) is 3.34. The Morgan fingerprint density at radius 3 is 2.50 bits per heavy atom. The van der Waals surface area contributed by atoms with E-state index in [-0.39, 0.29) is 11.3 Å². The smallest absolute Gasteiger partial charge is 0.224 e. The van der Waals surface area contributed by atoms with Crippen LogP contribution in [0.25, 0.3) is 0 Å². The van der Waals surface area contributed by atoms with E-state index in [0.717, 1.165) is 37.2 Å². The van der Waals surface area contributed by atoms with Crippen molar-refractivity contribution in [3.05, 3.63) is 29.8 Å². The monoisotopic (exact) mass is 306 g/mol. The third kappa shape index (κ3) is 4.71. The van der Waals surface area contributed by atoms with Crippen LogP contribution in [-0.4, -0.2) is 46.4 Å². The lowest BCUT2D eigenvalue weighted by atomic mass is 9.79. The van der Waals surface area contributed by atoms with Crippen molar-refractivity contribution in [1.29, 1.82) is 0 Å². The first kappa shape index (κ1) is 16.8. The Morgan fingerprint density at radius 1 is 1.23 bits per heavy atom. The molecule has 1 aromatic rings. The first-order chi connectivity index (χ1) is 10.7. The average molecular weight is 306 g/mol. The summed E-state index contributed by atoms with van der Waals surface area (Å²) >= 11 is 0. The van der Waals surface area contributed by atoms with Gasteiger partial charge in [-0.15, -0.1) is 0 Å². The molecule has 0 aromatic heterocycles. The third-order valence-corrected chi connectivity index (χ3v) is 4.30. The molecule has 1 amide bonds. The van der Waals surface area contributed by atoms with Crippen molar-refractivity contribution in [2.24, 2.45) is 5.41 Å². The van der Waals surface area contributed by atoms with E-state index in [2.05, 4.69) is 10.6 Å². The number of amides is 1. The van der Waals surface area contributed by atoms with Crippen LogP contribution in [0.15, 0.2) is 24.3 Å². The summed E-state index contributed by atoms with van der Waals surface area (Å²) < 4.78 is 10.5. The van der Waals surface area contributed by atoms with Gasteiger partial charge in [0.05, 0.1) is 20.1 Å². The van der Waals surface area contributed by atoms with Crippen molar-refractivity contribution >= 4 is 5.91 Å². The van der Waals surface area contributed by atoms with Gasteiger partial charge in [-0.1, -0.05) is 12.1 Å². The number of carbonyl (C=O) groups is 1. The number of benzene rings is 1. The molecule has 0 unspecified atom stereocenters. The topological polar surface area (TPSA) is 59.6 Å². The predicted molar refractivity (Wildman–Crippen MR) is 86.1 cm³/mol. The van der Waals surface area contributed by atoms with Crippen molar-refractivity contribution in [2.75, 3.05) is 40.5 Å². The summed E-state index contributed by atoms with van der Waals surface area (Å²) in [6, 6.07) is 7.60. The van der Waals surface area contributed by atoms with E-state index in [0.29, 0.717) is 19.6 Å². The molecule has 1 heterocycles. The Kier molecular flexibility index (Phi) is 6.21. The van der Waals surface area contributed by atoms with Crippen LogP contribution < -0.4 is 15.4 Å². The lowest BCUT2D eigenvalue weighted by molar-refractivity contribution is -0.121. The minimum Gasteiger partial charge on any atom is -0.497 e. The highest BCUT2D eigenvalue weighted by molar-refractivity contribution is 5.78. The number of piperidine rings is 1. The van der Waals surface area contributed by atoms with Crippen LogP contribution in [0.1, 0.15) is 18.4 Å². The van der Waals surface area contributed by atoms with Gasteiger partial charge in [0.2, 0.25) is 5.91 Å². The van der Waals surface area contributed by atoms with Gasteiger partial charge in [0.25, 0.3) is 0 Å². The fourth-order valence-corrected chi connectivity index (χ4v) is 2.91. The zero-order chi connectivity index (χ0) is 15.8. The summed E-state index contributed by atoms with van der Waals surface area (Å²) in [5.74, 6) is 0.858. The Hall–Kier alpha value is -1.59. The molecule has 5 heteroatoms. The molecule has 0 atom stereocenters. The number of methoxy groups -OCH3 is 2.